The summed E-state index contributed by atoms with van der Waals surface area (Å²) in [5.41, 5.74) is 7.02. The summed E-state index contributed by atoms with van der Waals surface area (Å²) in [6.45, 7) is 0. The summed E-state index contributed by atoms with van der Waals surface area (Å²) in [6.07, 6.45) is 3.77. The summed E-state index contributed by atoms with van der Waals surface area (Å²) in [6, 6.07) is 7.63. The first-order chi connectivity index (χ1) is 7.19. The highest BCUT2D eigenvalue weighted by Gasteiger charge is 2.40. The first kappa shape index (κ1) is 8.68. The van der Waals surface area contributed by atoms with Gasteiger partial charge in [0.25, 0.3) is 0 Å². The third-order valence-corrected chi connectivity index (χ3v) is 3.11. The number of pyridine rings is 1. The lowest BCUT2D eigenvalue weighted by molar-refractivity contribution is 0.748. The standard InChI is InChI=1S/C12H12N2O/c13-12(4-5-12)10-3-1-2-8-7-14-11(15)6-9(8)10/h1-3,6-7H,4-5,13H2,(H,14,15). The van der Waals surface area contributed by atoms with Crippen LogP contribution in [0, 0.1) is 0 Å². The first-order valence-corrected chi connectivity index (χ1v) is 5.10. The zero-order valence-corrected chi connectivity index (χ0v) is 8.29. The number of fused-ring (bicyclic) bond motifs is 1. The van der Waals surface area contributed by atoms with Gasteiger partial charge in [-0.3, -0.25) is 4.79 Å². The van der Waals surface area contributed by atoms with E-state index in [0.717, 1.165) is 29.2 Å². The van der Waals surface area contributed by atoms with E-state index in [2.05, 4.69) is 4.98 Å². The molecule has 0 radical (unpaired) electrons. The highest BCUT2D eigenvalue weighted by Crippen LogP contribution is 2.44. The third kappa shape index (κ3) is 1.27. The molecule has 0 aliphatic heterocycles. The molecule has 0 bridgehead atoms. The van der Waals surface area contributed by atoms with E-state index < -0.39 is 0 Å². The Kier molecular flexibility index (Phi) is 1.56. The number of H-pyrrole nitrogens is 1. The predicted molar refractivity (Wildman–Crippen MR) is 59.7 cm³/mol. The molecule has 0 saturated heterocycles. The van der Waals surface area contributed by atoms with Crippen molar-refractivity contribution >= 4 is 10.8 Å². The Bertz CT molecular complexity index is 581. The molecule has 3 heteroatoms. The van der Waals surface area contributed by atoms with Crippen LogP contribution < -0.4 is 11.3 Å². The zero-order chi connectivity index (χ0) is 10.5. The molecule has 1 aromatic heterocycles. The van der Waals surface area contributed by atoms with Crippen LogP contribution in [0.2, 0.25) is 0 Å². The zero-order valence-electron chi connectivity index (χ0n) is 8.29. The van der Waals surface area contributed by atoms with Gasteiger partial charge in [0.2, 0.25) is 5.56 Å². The first-order valence-electron chi connectivity index (χ1n) is 5.10. The van der Waals surface area contributed by atoms with Crippen LogP contribution in [0.15, 0.2) is 35.3 Å². The van der Waals surface area contributed by atoms with E-state index >= 15 is 0 Å². The maximum Gasteiger partial charge on any atom is 0.248 e. The van der Waals surface area contributed by atoms with Crippen LogP contribution in [0.3, 0.4) is 0 Å². The maximum atomic E-state index is 11.3. The van der Waals surface area contributed by atoms with Crippen LogP contribution in [0.1, 0.15) is 18.4 Å². The Morgan fingerprint density at radius 2 is 2.13 bits per heavy atom. The fourth-order valence-corrected chi connectivity index (χ4v) is 2.03. The number of benzene rings is 1. The molecule has 3 rings (SSSR count). The van der Waals surface area contributed by atoms with Gasteiger partial charge in [-0.05, 0) is 29.2 Å². The Hall–Kier alpha value is -1.61. The van der Waals surface area contributed by atoms with Crippen LogP contribution in [-0.2, 0) is 5.54 Å². The van der Waals surface area contributed by atoms with Gasteiger partial charge in [0.15, 0.2) is 0 Å². The van der Waals surface area contributed by atoms with Gasteiger partial charge in [0.1, 0.15) is 0 Å². The van der Waals surface area contributed by atoms with E-state index in [9.17, 15) is 4.79 Å². The number of aromatic nitrogens is 1. The predicted octanol–water partition coefficient (Wildman–Crippen LogP) is 1.48. The smallest absolute Gasteiger partial charge is 0.248 e. The molecule has 1 aliphatic rings. The van der Waals surface area contributed by atoms with E-state index in [4.69, 9.17) is 5.73 Å². The summed E-state index contributed by atoms with van der Waals surface area (Å²) in [5, 5.41) is 2.03. The van der Waals surface area contributed by atoms with Crippen molar-refractivity contribution in [2.75, 3.05) is 0 Å². The minimum atomic E-state index is -0.187. The molecule has 0 unspecified atom stereocenters. The number of aromatic amines is 1. The fourth-order valence-electron chi connectivity index (χ4n) is 2.03. The summed E-state index contributed by atoms with van der Waals surface area (Å²) in [7, 11) is 0. The Labute approximate surface area is 86.9 Å². The van der Waals surface area contributed by atoms with Gasteiger partial charge in [-0.25, -0.2) is 0 Å². The average molecular weight is 200 g/mol. The molecule has 0 atom stereocenters. The third-order valence-electron chi connectivity index (χ3n) is 3.11. The largest absolute Gasteiger partial charge is 0.328 e. The van der Waals surface area contributed by atoms with Crippen molar-refractivity contribution in [3.05, 3.63) is 46.4 Å². The molecular formula is C12H12N2O. The highest BCUT2D eigenvalue weighted by atomic mass is 16.1. The molecule has 76 valence electrons. The Balaban J connectivity index is 2.38. The topological polar surface area (TPSA) is 58.9 Å². The van der Waals surface area contributed by atoms with Crippen LogP contribution >= 0.6 is 0 Å². The summed E-state index contributed by atoms with van der Waals surface area (Å²) < 4.78 is 0. The second kappa shape index (κ2) is 2.70. The van der Waals surface area contributed by atoms with Crippen molar-refractivity contribution in [3.8, 4) is 0 Å². The molecule has 3 nitrogen and oxygen atoms in total. The van der Waals surface area contributed by atoms with Gasteiger partial charge >= 0.3 is 0 Å². The van der Waals surface area contributed by atoms with Crippen LogP contribution in [0.5, 0.6) is 0 Å². The minimum Gasteiger partial charge on any atom is -0.328 e. The van der Waals surface area contributed by atoms with Crippen molar-refractivity contribution in [2.24, 2.45) is 5.73 Å². The molecule has 15 heavy (non-hydrogen) atoms. The molecular weight excluding hydrogens is 188 g/mol. The second-order valence-electron chi connectivity index (χ2n) is 4.26. The van der Waals surface area contributed by atoms with Gasteiger partial charge in [0, 0.05) is 17.8 Å². The Morgan fingerprint density at radius 1 is 1.33 bits per heavy atom. The van der Waals surface area contributed by atoms with E-state index in [1.54, 1.807) is 12.3 Å². The second-order valence-corrected chi connectivity index (χ2v) is 4.26. The van der Waals surface area contributed by atoms with Gasteiger partial charge in [-0.2, -0.15) is 0 Å². The van der Waals surface area contributed by atoms with Crippen LogP contribution in [-0.4, -0.2) is 4.98 Å². The SMILES string of the molecule is NC1(c2cccc3c[nH]c(=O)cc23)CC1. The number of hydrogen-bond donors (Lipinski definition) is 2. The van der Waals surface area contributed by atoms with Crippen LogP contribution in [0.25, 0.3) is 10.8 Å². The van der Waals surface area contributed by atoms with E-state index in [0.29, 0.717) is 0 Å². The maximum absolute atomic E-state index is 11.3. The minimum absolute atomic E-state index is 0.0702. The summed E-state index contributed by atoms with van der Waals surface area (Å²) >= 11 is 0. The molecule has 2 aromatic rings. The van der Waals surface area contributed by atoms with Crippen LogP contribution in [0.4, 0.5) is 0 Å². The van der Waals surface area contributed by atoms with Crippen molar-refractivity contribution in [3.63, 3.8) is 0 Å². The monoisotopic (exact) mass is 200 g/mol. The Morgan fingerprint density at radius 3 is 2.87 bits per heavy atom. The van der Waals surface area contributed by atoms with Crippen molar-refractivity contribution in [1.29, 1.82) is 0 Å². The normalized spacial score (nSPS) is 17.9. The van der Waals surface area contributed by atoms with Crippen molar-refractivity contribution < 1.29 is 0 Å². The lowest BCUT2D eigenvalue weighted by atomic mass is 9.99. The summed E-state index contributed by atoms with van der Waals surface area (Å²) in [4.78, 5) is 14.0. The fraction of sp³-hybridized carbons (Fsp3) is 0.250. The molecule has 1 heterocycles. The molecule has 1 fully saturated rings. The quantitative estimate of drug-likeness (QED) is 0.732. The van der Waals surface area contributed by atoms with Gasteiger partial charge < -0.3 is 10.7 Å². The van der Waals surface area contributed by atoms with E-state index in [1.807, 2.05) is 18.2 Å². The van der Waals surface area contributed by atoms with Crippen molar-refractivity contribution in [2.45, 2.75) is 18.4 Å². The van der Waals surface area contributed by atoms with E-state index in [-0.39, 0.29) is 11.1 Å². The average Bonchev–Trinajstić information content (AvgIpc) is 2.96. The number of rotatable bonds is 1. The van der Waals surface area contributed by atoms with Crippen molar-refractivity contribution in [1.82, 2.24) is 4.98 Å². The molecule has 0 amide bonds. The molecule has 1 aromatic carbocycles. The van der Waals surface area contributed by atoms with Gasteiger partial charge in [0.05, 0.1) is 0 Å². The van der Waals surface area contributed by atoms with Gasteiger partial charge in [-0.1, -0.05) is 18.2 Å². The molecule has 1 aliphatic carbocycles. The van der Waals surface area contributed by atoms with Gasteiger partial charge in [-0.15, -0.1) is 0 Å². The lowest BCUT2D eigenvalue weighted by Crippen LogP contribution is -2.19. The lowest BCUT2D eigenvalue weighted by Gasteiger charge is -2.11. The number of nitrogens with two attached hydrogens (primary N) is 1. The highest BCUT2D eigenvalue weighted by molar-refractivity contribution is 5.86. The number of nitrogens with one attached hydrogen (secondary N) is 1. The molecule has 3 N–H and O–H groups in total. The molecule has 1 saturated carbocycles. The number of hydrogen-bond acceptors (Lipinski definition) is 2. The van der Waals surface area contributed by atoms with E-state index in [1.165, 1.54) is 0 Å². The molecule has 0 spiro atoms. The summed E-state index contributed by atoms with van der Waals surface area (Å²) in [5.74, 6) is 0.